The van der Waals surface area contributed by atoms with E-state index in [4.69, 9.17) is 0 Å². The standard InChI is InChI=1S/C14H13NOS/c1-17-13-10-6-5-9-12(13)14(15-16)11-7-3-2-4-8-11/h2-10,16H,1H3/b15-14+. The van der Waals surface area contributed by atoms with Gasteiger partial charge in [0.2, 0.25) is 0 Å². The highest BCUT2D eigenvalue weighted by molar-refractivity contribution is 7.98. The van der Waals surface area contributed by atoms with Crippen molar-refractivity contribution in [3.8, 4) is 0 Å². The molecule has 0 aromatic heterocycles. The molecule has 0 atom stereocenters. The molecule has 0 unspecified atom stereocenters. The first-order valence-electron chi connectivity index (χ1n) is 5.27. The molecule has 0 heterocycles. The zero-order valence-corrected chi connectivity index (χ0v) is 10.3. The van der Waals surface area contributed by atoms with Gasteiger partial charge in [-0.2, -0.15) is 0 Å². The summed E-state index contributed by atoms with van der Waals surface area (Å²) >= 11 is 1.64. The van der Waals surface area contributed by atoms with Crippen molar-refractivity contribution in [3.05, 3.63) is 65.7 Å². The van der Waals surface area contributed by atoms with Crippen LogP contribution in [0.25, 0.3) is 0 Å². The van der Waals surface area contributed by atoms with Crippen molar-refractivity contribution >= 4 is 17.5 Å². The van der Waals surface area contributed by atoms with Gasteiger partial charge in [0.25, 0.3) is 0 Å². The number of hydrogen-bond acceptors (Lipinski definition) is 3. The Morgan fingerprint density at radius 2 is 1.65 bits per heavy atom. The van der Waals surface area contributed by atoms with Gasteiger partial charge in [0.15, 0.2) is 0 Å². The molecule has 0 aliphatic heterocycles. The molecular formula is C14H13NOS. The second-order valence-corrected chi connectivity index (χ2v) is 4.36. The van der Waals surface area contributed by atoms with Crippen LogP contribution in [0.2, 0.25) is 0 Å². The summed E-state index contributed by atoms with van der Waals surface area (Å²) in [6, 6.07) is 17.6. The summed E-state index contributed by atoms with van der Waals surface area (Å²) in [5.41, 5.74) is 2.47. The van der Waals surface area contributed by atoms with E-state index in [1.165, 1.54) is 0 Å². The van der Waals surface area contributed by atoms with Crippen LogP contribution < -0.4 is 0 Å². The fourth-order valence-electron chi connectivity index (χ4n) is 1.70. The Morgan fingerprint density at radius 1 is 1.00 bits per heavy atom. The van der Waals surface area contributed by atoms with Crippen molar-refractivity contribution < 1.29 is 5.21 Å². The van der Waals surface area contributed by atoms with Crippen LogP contribution >= 0.6 is 11.8 Å². The molecule has 2 nitrogen and oxygen atoms in total. The second-order valence-electron chi connectivity index (χ2n) is 3.51. The molecule has 1 N–H and O–H groups in total. The molecule has 3 heteroatoms. The fourth-order valence-corrected chi connectivity index (χ4v) is 2.30. The van der Waals surface area contributed by atoms with Crippen molar-refractivity contribution in [1.82, 2.24) is 0 Å². The van der Waals surface area contributed by atoms with Gasteiger partial charge >= 0.3 is 0 Å². The second kappa shape index (κ2) is 5.55. The average Bonchev–Trinajstić information content (AvgIpc) is 2.41. The molecule has 17 heavy (non-hydrogen) atoms. The van der Waals surface area contributed by atoms with E-state index in [1.54, 1.807) is 11.8 Å². The molecule has 0 saturated carbocycles. The smallest absolute Gasteiger partial charge is 0.118 e. The fraction of sp³-hybridized carbons (Fsp3) is 0.0714. The minimum atomic E-state index is 0.607. The molecule has 0 bridgehead atoms. The first-order chi connectivity index (χ1) is 8.36. The van der Waals surface area contributed by atoms with Gasteiger partial charge in [-0.25, -0.2) is 0 Å². The third kappa shape index (κ3) is 2.50. The van der Waals surface area contributed by atoms with E-state index in [-0.39, 0.29) is 0 Å². The largest absolute Gasteiger partial charge is 0.410 e. The number of hydrogen-bond donors (Lipinski definition) is 1. The Kier molecular flexibility index (Phi) is 3.83. The van der Waals surface area contributed by atoms with E-state index in [0.717, 1.165) is 16.0 Å². The lowest BCUT2D eigenvalue weighted by atomic mass is 10.0. The lowest BCUT2D eigenvalue weighted by Gasteiger charge is -2.08. The van der Waals surface area contributed by atoms with E-state index in [2.05, 4.69) is 5.16 Å². The summed E-state index contributed by atoms with van der Waals surface area (Å²) in [6.07, 6.45) is 2.01. The number of thioether (sulfide) groups is 1. The van der Waals surface area contributed by atoms with E-state index < -0.39 is 0 Å². The molecule has 0 spiro atoms. The Balaban J connectivity index is 2.51. The molecule has 0 amide bonds. The van der Waals surface area contributed by atoms with Crippen LogP contribution in [0.1, 0.15) is 11.1 Å². The molecule has 0 radical (unpaired) electrons. The van der Waals surface area contributed by atoms with E-state index in [9.17, 15) is 5.21 Å². The summed E-state index contributed by atoms with van der Waals surface area (Å²) < 4.78 is 0. The maximum atomic E-state index is 9.23. The summed E-state index contributed by atoms with van der Waals surface area (Å²) in [5.74, 6) is 0. The van der Waals surface area contributed by atoms with E-state index in [0.29, 0.717) is 5.71 Å². The number of benzene rings is 2. The zero-order valence-electron chi connectivity index (χ0n) is 9.50. The third-order valence-electron chi connectivity index (χ3n) is 2.51. The maximum Gasteiger partial charge on any atom is 0.118 e. The van der Waals surface area contributed by atoms with Crippen LogP contribution in [-0.2, 0) is 0 Å². The quantitative estimate of drug-likeness (QED) is 0.386. The summed E-state index contributed by atoms with van der Waals surface area (Å²) in [7, 11) is 0. The van der Waals surface area contributed by atoms with E-state index >= 15 is 0 Å². The normalized spacial score (nSPS) is 11.5. The Bertz CT molecular complexity index is 523. The maximum absolute atomic E-state index is 9.23. The Morgan fingerprint density at radius 3 is 2.29 bits per heavy atom. The van der Waals surface area contributed by atoms with Gasteiger partial charge in [-0.1, -0.05) is 53.7 Å². The predicted octanol–water partition coefficient (Wildman–Crippen LogP) is 3.64. The Hall–Kier alpha value is -1.74. The van der Waals surface area contributed by atoms with Crippen molar-refractivity contribution in [3.63, 3.8) is 0 Å². The lowest BCUT2D eigenvalue weighted by molar-refractivity contribution is 0.319. The number of nitrogens with zero attached hydrogens (tertiary/aromatic N) is 1. The molecule has 2 aromatic rings. The van der Waals surface area contributed by atoms with Crippen molar-refractivity contribution in [2.24, 2.45) is 5.16 Å². The molecule has 86 valence electrons. The van der Waals surface area contributed by atoms with Gasteiger partial charge in [-0.05, 0) is 12.3 Å². The lowest BCUT2D eigenvalue weighted by Crippen LogP contribution is -2.04. The average molecular weight is 243 g/mol. The molecule has 0 fully saturated rings. The Labute approximate surface area is 105 Å². The molecule has 0 saturated heterocycles. The number of oxime groups is 1. The van der Waals surface area contributed by atoms with Crippen LogP contribution in [0.5, 0.6) is 0 Å². The van der Waals surface area contributed by atoms with Gasteiger partial charge in [-0.3, -0.25) is 0 Å². The monoisotopic (exact) mass is 243 g/mol. The van der Waals surface area contributed by atoms with Crippen LogP contribution in [0.4, 0.5) is 0 Å². The summed E-state index contributed by atoms with van der Waals surface area (Å²) in [4.78, 5) is 1.10. The van der Waals surface area contributed by atoms with Crippen molar-refractivity contribution in [2.75, 3.05) is 6.26 Å². The molecule has 0 aliphatic carbocycles. The minimum Gasteiger partial charge on any atom is -0.410 e. The predicted molar refractivity (Wildman–Crippen MR) is 72.1 cm³/mol. The molecule has 0 aliphatic rings. The molecular weight excluding hydrogens is 230 g/mol. The zero-order chi connectivity index (χ0) is 12.1. The van der Waals surface area contributed by atoms with Gasteiger partial charge in [0.05, 0.1) is 0 Å². The molecule has 2 aromatic carbocycles. The van der Waals surface area contributed by atoms with Gasteiger partial charge in [-0.15, -0.1) is 11.8 Å². The first-order valence-corrected chi connectivity index (χ1v) is 6.50. The van der Waals surface area contributed by atoms with Crippen LogP contribution in [0.3, 0.4) is 0 Å². The highest BCUT2D eigenvalue weighted by atomic mass is 32.2. The SMILES string of the molecule is CSc1ccccc1/C(=N/O)c1ccccc1. The molecule has 2 rings (SSSR count). The van der Waals surface area contributed by atoms with Crippen LogP contribution in [-0.4, -0.2) is 17.2 Å². The highest BCUT2D eigenvalue weighted by Gasteiger charge is 2.10. The summed E-state index contributed by atoms with van der Waals surface area (Å²) in [5, 5.41) is 12.7. The topological polar surface area (TPSA) is 32.6 Å². The van der Waals surface area contributed by atoms with Gasteiger partial charge in [0, 0.05) is 16.0 Å². The van der Waals surface area contributed by atoms with Gasteiger partial charge in [0.1, 0.15) is 5.71 Å². The van der Waals surface area contributed by atoms with Crippen LogP contribution in [0, 0.1) is 0 Å². The minimum absolute atomic E-state index is 0.607. The van der Waals surface area contributed by atoms with Crippen molar-refractivity contribution in [2.45, 2.75) is 4.90 Å². The number of rotatable bonds is 3. The highest BCUT2D eigenvalue weighted by Crippen LogP contribution is 2.23. The first kappa shape index (κ1) is 11.7. The van der Waals surface area contributed by atoms with Crippen molar-refractivity contribution in [1.29, 1.82) is 0 Å². The third-order valence-corrected chi connectivity index (χ3v) is 3.31. The van der Waals surface area contributed by atoms with Crippen LogP contribution in [0.15, 0.2) is 64.6 Å². The van der Waals surface area contributed by atoms with E-state index in [1.807, 2.05) is 60.9 Å². The van der Waals surface area contributed by atoms with Gasteiger partial charge < -0.3 is 5.21 Å². The summed E-state index contributed by atoms with van der Waals surface area (Å²) in [6.45, 7) is 0.